The fourth-order valence-electron chi connectivity index (χ4n) is 2.19. The standard InChI is InChI=1S/C13H16N2O4S2/c1-8-11(13(16)17)15-9(2)12(8)21(18,19)14-6-5-10-4-3-7-20-10/h3-4,7,14-15H,5-6H2,1-2H3,(H,16,17). The van der Waals surface area contributed by atoms with Crippen molar-refractivity contribution in [3.8, 4) is 0 Å². The first kappa shape index (κ1) is 15.7. The van der Waals surface area contributed by atoms with E-state index < -0.39 is 16.0 Å². The number of aromatic nitrogens is 1. The molecule has 0 radical (unpaired) electrons. The SMILES string of the molecule is Cc1[nH]c(C(=O)O)c(C)c1S(=O)(=O)NCCc1cccs1. The number of sulfonamides is 1. The summed E-state index contributed by atoms with van der Waals surface area (Å²) in [6, 6.07) is 3.85. The molecular formula is C13H16N2O4S2. The number of hydrogen-bond acceptors (Lipinski definition) is 4. The van der Waals surface area contributed by atoms with Crippen LogP contribution in [0.15, 0.2) is 22.4 Å². The minimum atomic E-state index is -3.73. The van der Waals surface area contributed by atoms with Crippen molar-refractivity contribution in [2.45, 2.75) is 25.2 Å². The predicted octanol–water partition coefficient (Wildman–Crippen LogP) is 1.91. The maximum atomic E-state index is 12.3. The van der Waals surface area contributed by atoms with Crippen LogP contribution in [-0.2, 0) is 16.4 Å². The van der Waals surface area contributed by atoms with Crippen molar-refractivity contribution in [3.63, 3.8) is 0 Å². The Kier molecular flexibility index (Phi) is 4.50. The third-order valence-corrected chi connectivity index (χ3v) is 5.77. The largest absolute Gasteiger partial charge is 0.477 e. The van der Waals surface area contributed by atoms with E-state index in [-0.39, 0.29) is 22.7 Å². The fraction of sp³-hybridized carbons (Fsp3) is 0.308. The van der Waals surface area contributed by atoms with Crippen LogP contribution in [0.5, 0.6) is 0 Å². The summed E-state index contributed by atoms with van der Waals surface area (Å²) in [5.41, 5.74) is 0.461. The molecule has 2 rings (SSSR count). The zero-order valence-corrected chi connectivity index (χ0v) is 13.3. The molecule has 6 nitrogen and oxygen atoms in total. The summed E-state index contributed by atoms with van der Waals surface area (Å²) in [4.78, 5) is 14.8. The molecule has 0 spiro atoms. The Morgan fingerprint density at radius 2 is 2.14 bits per heavy atom. The number of nitrogens with one attached hydrogen (secondary N) is 2. The van der Waals surface area contributed by atoms with Gasteiger partial charge in [-0.2, -0.15) is 0 Å². The van der Waals surface area contributed by atoms with Gasteiger partial charge < -0.3 is 10.1 Å². The Balaban J connectivity index is 2.18. The van der Waals surface area contributed by atoms with E-state index in [0.717, 1.165) is 4.88 Å². The molecule has 114 valence electrons. The highest BCUT2D eigenvalue weighted by Gasteiger charge is 2.25. The maximum absolute atomic E-state index is 12.3. The summed E-state index contributed by atoms with van der Waals surface area (Å²) in [6.07, 6.45) is 0.602. The molecule has 0 atom stereocenters. The lowest BCUT2D eigenvalue weighted by Crippen LogP contribution is -2.26. The van der Waals surface area contributed by atoms with E-state index in [2.05, 4.69) is 9.71 Å². The lowest BCUT2D eigenvalue weighted by atomic mass is 10.2. The number of thiophene rings is 1. The summed E-state index contributed by atoms with van der Waals surface area (Å²) < 4.78 is 27.1. The molecule has 21 heavy (non-hydrogen) atoms. The molecule has 0 saturated heterocycles. The summed E-state index contributed by atoms with van der Waals surface area (Å²) in [6.45, 7) is 3.31. The molecule has 0 aliphatic carbocycles. The molecule has 0 aliphatic rings. The van der Waals surface area contributed by atoms with Gasteiger partial charge in [-0.25, -0.2) is 17.9 Å². The molecule has 8 heteroatoms. The second-order valence-electron chi connectivity index (χ2n) is 4.61. The molecule has 0 aromatic carbocycles. The molecule has 0 unspecified atom stereocenters. The van der Waals surface area contributed by atoms with Crippen molar-refractivity contribution in [1.82, 2.24) is 9.71 Å². The maximum Gasteiger partial charge on any atom is 0.352 e. The van der Waals surface area contributed by atoms with Gasteiger partial charge in [0.15, 0.2) is 0 Å². The highest BCUT2D eigenvalue weighted by atomic mass is 32.2. The van der Waals surface area contributed by atoms with Crippen molar-refractivity contribution >= 4 is 27.3 Å². The van der Waals surface area contributed by atoms with Crippen LogP contribution in [0.4, 0.5) is 0 Å². The Bertz CT molecular complexity index is 745. The van der Waals surface area contributed by atoms with Gasteiger partial charge in [-0.15, -0.1) is 11.3 Å². The number of H-pyrrole nitrogens is 1. The lowest BCUT2D eigenvalue weighted by Gasteiger charge is -2.07. The van der Waals surface area contributed by atoms with E-state index in [1.165, 1.54) is 6.92 Å². The molecular weight excluding hydrogens is 312 g/mol. The number of carbonyl (C=O) groups is 1. The van der Waals surface area contributed by atoms with Crippen LogP contribution < -0.4 is 4.72 Å². The van der Waals surface area contributed by atoms with Crippen molar-refractivity contribution in [1.29, 1.82) is 0 Å². The number of aromatic amines is 1. The van der Waals surface area contributed by atoms with Gasteiger partial charge in [0.25, 0.3) is 0 Å². The molecule has 0 saturated carbocycles. The summed E-state index contributed by atoms with van der Waals surface area (Å²) in [7, 11) is -3.73. The Labute approximate surface area is 126 Å². The van der Waals surface area contributed by atoms with Gasteiger partial charge in [-0.05, 0) is 31.7 Å². The van der Waals surface area contributed by atoms with Crippen LogP contribution >= 0.6 is 11.3 Å². The van der Waals surface area contributed by atoms with Crippen molar-refractivity contribution in [3.05, 3.63) is 39.3 Å². The molecule has 2 aromatic heterocycles. The highest BCUT2D eigenvalue weighted by molar-refractivity contribution is 7.89. The molecule has 2 heterocycles. The summed E-state index contributed by atoms with van der Waals surface area (Å²) in [5.74, 6) is -1.17. The molecule has 0 fully saturated rings. The second kappa shape index (κ2) is 6.00. The summed E-state index contributed by atoms with van der Waals surface area (Å²) >= 11 is 1.56. The van der Waals surface area contributed by atoms with Crippen molar-refractivity contribution < 1.29 is 18.3 Å². The van der Waals surface area contributed by atoms with Crippen LogP contribution in [-0.4, -0.2) is 31.0 Å². The minimum absolute atomic E-state index is 0.0195. The first-order valence-corrected chi connectivity index (χ1v) is 8.63. The number of aromatic carboxylic acids is 1. The zero-order chi connectivity index (χ0) is 15.6. The Hall–Kier alpha value is -1.64. The molecule has 0 amide bonds. The number of carboxylic acid groups (broad SMARTS) is 1. The van der Waals surface area contributed by atoms with E-state index in [1.807, 2.05) is 17.5 Å². The van der Waals surface area contributed by atoms with E-state index >= 15 is 0 Å². The predicted molar refractivity (Wildman–Crippen MR) is 80.4 cm³/mol. The van der Waals surface area contributed by atoms with E-state index in [4.69, 9.17) is 5.11 Å². The number of aryl methyl sites for hydroxylation is 1. The van der Waals surface area contributed by atoms with Gasteiger partial charge in [-0.1, -0.05) is 6.07 Å². The average molecular weight is 328 g/mol. The topological polar surface area (TPSA) is 99.3 Å². The lowest BCUT2D eigenvalue weighted by molar-refractivity contribution is 0.0690. The average Bonchev–Trinajstić information content (AvgIpc) is 2.97. The van der Waals surface area contributed by atoms with Gasteiger partial charge in [-0.3, -0.25) is 0 Å². The third kappa shape index (κ3) is 3.34. The van der Waals surface area contributed by atoms with Gasteiger partial charge in [0.05, 0.1) is 0 Å². The first-order valence-electron chi connectivity index (χ1n) is 6.27. The molecule has 2 aromatic rings. The normalized spacial score (nSPS) is 11.7. The fourth-order valence-corrected chi connectivity index (χ4v) is 4.37. The molecule has 0 bridgehead atoms. The van der Waals surface area contributed by atoms with Crippen LogP contribution in [0.1, 0.15) is 26.6 Å². The third-order valence-electron chi connectivity index (χ3n) is 3.09. The van der Waals surface area contributed by atoms with E-state index in [9.17, 15) is 13.2 Å². The Morgan fingerprint density at radius 3 is 2.67 bits per heavy atom. The molecule has 3 N–H and O–H groups in total. The van der Waals surface area contributed by atoms with Crippen molar-refractivity contribution in [2.24, 2.45) is 0 Å². The van der Waals surface area contributed by atoms with Crippen LogP contribution in [0, 0.1) is 13.8 Å². The number of hydrogen-bond donors (Lipinski definition) is 3. The smallest absolute Gasteiger partial charge is 0.352 e. The minimum Gasteiger partial charge on any atom is -0.477 e. The van der Waals surface area contributed by atoms with Gasteiger partial charge >= 0.3 is 5.97 Å². The molecule has 0 aliphatic heterocycles. The second-order valence-corrected chi connectivity index (χ2v) is 7.35. The Morgan fingerprint density at radius 1 is 1.43 bits per heavy atom. The number of carboxylic acids is 1. The van der Waals surface area contributed by atoms with Crippen LogP contribution in [0.2, 0.25) is 0 Å². The van der Waals surface area contributed by atoms with Gasteiger partial charge in [0.1, 0.15) is 10.6 Å². The number of rotatable bonds is 6. The van der Waals surface area contributed by atoms with E-state index in [1.54, 1.807) is 18.3 Å². The van der Waals surface area contributed by atoms with Crippen molar-refractivity contribution in [2.75, 3.05) is 6.54 Å². The van der Waals surface area contributed by atoms with Crippen LogP contribution in [0.25, 0.3) is 0 Å². The van der Waals surface area contributed by atoms with Gasteiger partial charge in [0, 0.05) is 22.7 Å². The monoisotopic (exact) mass is 328 g/mol. The highest BCUT2D eigenvalue weighted by Crippen LogP contribution is 2.23. The first-order chi connectivity index (χ1) is 9.83. The van der Waals surface area contributed by atoms with Crippen LogP contribution in [0.3, 0.4) is 0 Å². The van der Waals surface area contributed by atoms with Gasteiger partial charge in [0.2, 0.25) is 10.0 Å². The zero-order valence-electron chi connectivity index (χ0n) is 11.6. The summed E-state index contributed by atoms with van der Waals surface area (Å²) in [5, 5.41) is 11.0. The quantitative estimate of drug-likeness (QED) is 0.754. The van der Waals surface area contributed by atoms with E-state index in [0.29, 0.717) is 12.1 Å².